The fraction of sp³-hybridized carbons (Fsp3) is 0.818. The fourth-order valence-electron chi connectivity index (χ4n) is 0.968. The van der Waals surface area contributed by atoms with Crippen molar-refractivity contribution in [3.05, 3.63) is 0 Å². The van der Waals surface area contributed by atoms with Crippen LogP contribution in [0.1, 0.15) is 33.6 Å². The molecule has 0 radical (unpaired) electrons. The van der Waals surface area contributed by atoms with Crippen molar-refractivity contribution in [2.75, 3.05) is 19.8 Å². The van der Waals surface area contributed by atoms with E-state index in [1.807, 2.05) is 6.92 Å². The Kier molecular flexibility index (Phi) is 8.52. The summed E-state index contributed by atoms with van der Waals surface area (Å²) in [6.45, 7) is 6.22. The third kappa shape index (κ3) is 7.23. The highest BCUT2D eigenvalue weighted by Crippen LogP contribution is 1.90. The standard InChI is InChI=1S/C11H21NO4/c1-4-6-7-16-10(13)8-12-9(3)11(14)15-5-2/h9,12H,4-8H2,1-3H3. The molecule has 0 heterocycles. The Labute approximate surface area is 96.5 Å². The van der Waals surface area contributed by atoms with Crippen molar-refractivity contribution in [3.8, 4) is 0 Å². The Morgan fingerprint density at radius 2 is 1.94 bits per heavy atom. The van der Waals surface area contributed by atoms with E-state index in [4.69, 9.17) is 9.47 Å². The highest BCUT2D eigenvalue weighted by Gasteiger charge is 2.14. The lowest BCUT2D eigenvalue weighted by molar-refractivity contribution is -0.146. The fourth-order valence-corrected chi connectivity index (χ4v) is 0.968. The highest BCUT2D eigenvalue weighted by atomic mass is 16.5. The van der Waals surface area contributed by atoms with Crippen LogP contribution in [-0.2, 0) is 19.1 Å². The van der Waals surface area contributed by atoms with E-state index < -0.39 is 6.04 Å². The molecule has 0 aromatic rings. The zero-order chi connectivity index (χ0) is 12.4. The van der Waals surface area contributed by atoms with Crippen LogP contribution in [0.4, 0.5) is 0 Å². The summed E-state index contributed by atoms with van der Waals surface area (Å²) in [5.74, 6) is -0.701. The van der Waals surface area contributed by atoms with E-state index in [9.17, 15) is 9.59 Å². The van der Waals surface area contributed by atoms with Gasteiger partial charge in [-0.05, 0) is 20.3 Å². The van der Waals surface area contributed by atoms with Crippen LogP contribution in [0.2, 0.25) is 0 Å². The molecule has 94 valence electrons. The molecule has 1 atom stereocenters. The van der Waals surface area contributed by atoms with Crippen LogP contribution in [0, 0.1) is 0 Å². The van der Waals surface area contributed by atoms with Crippen LogP contribution in [-0.4, -0.2) is 37.7 Å². The van der Waals surface area contributed by atoms with Crippen molar-refractivity contribution in [3.63, 3.8) is 0 Å². The molecule has 5 nitrogen and oxygen atoms in total. The first-order valence-corrected chi connectivity index (χ1v) is 5.67. The number of nitrogens with one attached hydrogen (secondary N) is 1. The van der Waals surface area contributed by atoms with Crippen LogP contribution >= 0.6 is 0 Å². The van der Waals surface area contributed by atoms with Crippen molar-refractivity contribution < 1.29 is 19.1 Å². The molecule has 5 heteroatoms. The maximum absolute atomic E-state index is 11.2. The van der Waals surface area contributed by atoms with Crippen LogP contribution < -0.4 is 5.32 Å². The third-order valence-corrected chi connectivity index (χ3v) is 1.95. The summed E-state index contributed by atoms with van der Waals surface area (Å²) in [7, 11) is 0. The van der Waals surface area contributed by atoms with Crippen molar-refractivity contribution in [1.82, 2.24) is 5.32 Å². The van der Waals surface area contributed by atoms with Gasteiger partial charge in [0.15, 0.2) is 0 Å². The minimum Gasteiger partial charge on any atom is -0.465 e. The van der Waals surface area contributed by atoms with E-state index in [1.165, 1.54) is 0 Å². The molecule has 0 fully saturated rings. The first-order valence-electron chi connectivity index (χ1n) is 5.67. The second-order valence-corrected chi connectivity index (χ2v) is 3.43. The van der Waals surface area contributed by atoms with Crippen molar-refractivity contribution in [2.45, 2.75) is 39.7 Å². The zero-order valence-corrected chi connectivity index (χ0v) is 10.2. The van der Waals surface area contributed by atoms with Crippen LogP contribution in [0.25, 0.3) is 0 Å². The number of hydrogen-bond acceptors (Lipinski definition) is 5. The first-order chi connectivity index (χ1) is 7.61. The van der Waals surface area contributed by atoms with Crippen LogP contribution in [0.15, 0.2) is 0 Å². The maximum Gasteiger partial charge on any atom is 0.322 e. The summed E-state index contributed by atoms with van der Waals surface area (Å²) >= 11 is 0. The summed E-state index contributed by atoms with van der Waals surface area (Å²) in [5, 5.41) is 2.74. The molecule has 1 unspecified atom stereocenters. The molecule has 0 aliphatic carbocycles. The molecule has 0 aliphatic heterocycles. The highest BCUT2D eigenvalue weighted by molar-refractivity contribution is 5.77. The molecule has 16 heavy (non-hydrogen) atoms. The van der Waals surface area contributed by atoms with Crippen molar-refractivity contribution in [2.24, 2.45) is 0 Å². The summed E-state index contributed by atoms with van der Waals surface area (Å²) < 4.78 is 9.70. The molecule has 0 aromatic carbocycles. The Morgan fingerprint density at radius 3 is 2.50 bits per heavy atom. The van der Waals surface area contributed by atoms with Gasteiger partial charge in [-0.25, -0.2) is 0 Å². The number of unbranched alkanes of at least 4 members (excludes halogenated alkanes) is 1. The smallest absolute Gasteiger partial charge is 0.322 e. The average Bonchev–Trinajstić information content (AvgIpc) is 2.26. The lowest BCUT2D eigenvalue weighted by Crippen LogP contribution is -2.39. The summed E-state index contributed by atoms with van der Waals surface area (Å²) in [6.07, 6.45) is 1.85. The molecular formula is C11H21NO4. The zero-order valence-electron chi connectivity index (χ0n) is 10.2. The normalized spacial score (nSPS) is 11.9. The summed E-state index contributed by atoms with van der Waals surface area (Å²) in [4.78, 5) is 22.3. The maximum atomic E-state index is 11.2. The van der Waals surface area contributed by atoms with E-state index >= 15 is 0 Å². The molecule has 0 spiro atoms. The first kappa shape index (κ1) is 14.9. The second-order valence-electron chi connectivity index (χ2n) is 3.43. The van der Waals surface area contributed by atoms with Gasteiger partial charge in [0.25, 0.3) is 0 Å². The van der Waals surface area contributed by atoms with E-state index in [2.05, 4.69) is 5.32 Å². The van der Waals surface area contributed by atoms with Crippen LogP contribution in [0.3, 0.4) is 0 Å². The Balaban J connectivity index is 3.62. The average molecular weight is 231 g/mol. The lowest BCUT2D eigenvalue weighted by Gasteiger charge is -2.11. The van der Waals surface area contributed by atoms with Gasteiger partial charge in [-0.3, -0.25) is 14.9 Å². The third-order valence-electron chi connectivity index (χ3n) is 1.95. The largest absolute Gasteiger partial charge is 0.465 e. The minimum absolute atomic E-state index is 0.0314. The molecule has 0 saturated carbocycles. The number of esters is 2. The molecule has 0 aliphatic rings. The predicted octanol–water partition coefficient (Wildman–Crippen LogP) is 0.871. The monoisotopic (exact) mass is 231 g/mol. The molecule has 0 amide bonds. The predicted molar refractivity (Wildman–Crippen MR) is 60.0 cm³/mol. The Bertz CT molecular complexity index is 218. The second kappa shape index (κ2) is 9.15. The molecule has 0 saturated heterocycles. The summed E-state index contributed by atoms with van der Waals surface area (Å²) in [5.41, 5.74) is 0. The van der Waals surface area contributed by atoms with E-state index in [1.54, 1.807) is 13.8 Å². The molecular weight excluding hydrogens is 210 g/mol. The molecule has 1 N–H and O–H groups in total. The number of carbonyl (C=O) groups excluding carboxylic acids is 2. The Hall–Kier alpha value is -1.10. The molecule has 0 rings (SSSR count). The van der Waals surface area contributed by atoms with E-state index in [0.717, 1.165) is 12.8 Å². The lowest BCUT2D eigenvalue weighted by atomic mass is 10.3. The number of carbonyl (C=O) groups is 2. The number of hydrogen-bond donors (Lipinski definition) is 1. The van der Waals surface area contributed by atoms with E-state index in [-0.39, 0.29) is 18.5 Å². The quantitative estimate of drug-likeness (QED) is 0.496. The van der Waals surface area contributed by atoms with Crippen LogP contribution in [0.5, 0.6) is 0 Å². The van der Waals surface area contributed by atoms with Gasteiger partial charge in [0.2, 0.25) is 0 Å². The van der Waals surface area contributed by atoms with Gasteiger partial charge in [-0.15, -0.1) is 0 Å². The topological polar surface area (TPSA) is 64.6 Å². The number of rotatable bonds is 8. The van der Waals surface area contributed by atoms with Gasteiger partial charge < -0.3 is 9.47 Å². The SMILES string of the molecule is CCCCOC(=O)CNC(C)C(=O)OCC. The van der Waals surface area contributed by atoms with Crippen molar-refractivity contribution >= 4 is 11.9 Å². The minimum atomic E-state index is -0.487. The van der Waals surface area contributed by atoms with Gasteiger partial charge in [-0.1, -0.05) is 13.3 Å². The molecule has 0 aromatic heterocycles. The van der Waals surface area contributed by atoms with Gasteiger partial charge in [-0.2, -0.15) is 0 Å². The van der Waals surface area contributed by atoms with Crippen molar-refractivity contribution in [1.29, 1.82) is 0 Å². The van der Waals surface area contributed by atoms with Gasteiger partial charge >= 0.3 is 11.9 Å². The van der Waals surface area contributed by atoms with E-state index in [0.29, 0.717) is 13.2 Å². The Morgan fingerprint density at radius 1 is 1.25 bits per heavy atom. The number of ether oxygens (including phenoxy) is 2. The van der Waals surface area contributed by atoms with Gasteiger partial charge in [0.1, 0.15) is 6.04 Å². The molecule has 0 bridgehead atoms. The summed E-state index contributed by atoms with van der Waals surface area (Å²) in [6, 6.07) is -0.487. The van der Waals surface area contributed by atoms with Gasteiger partial charge in [0, 0.05) is 0 Å². The van der Waals surface area contributed by atoms with Gasteiger partial charge in [0.05, 0.1) is 19.8 Å².